The molecule has 2 aromatic rings. The number of aliphatic carboxylic acids is 1. The zero-order valence-electron chi connectivity index (χ0n) is 11.3. The molecule has 2 rings (SSSR count). The number of carbonyl (C=O) groups is 2. The number of carbonyl (C=O) groups excluding carboxylic acids is 1. The number of benzene rings is 1. The molecule has 0 saturated heterocycles. The number of amides is 1. The number of hydrogen-bond acceptors (Lipinski definition) is 3. The van der Waals surface area contributed by atoms with Crippen molar-refractivity contribution in [2.45, 2.75) is 12.5 Å². The second-order valence-corrected chi connectivity index (χ2v) is 4.48. The van der Waals surface area contributed by atoms with Gasteiger partial charge in [0.1, 0.15) is 11.9 Å². The van der Waals surface area contributed by atoms with Crippen molar-refractivity contribution in [3.8, 4) is 12.3 Å². The smallest absolute Gasteiger partial charge is 0.326 e. The van der Waals surface area contributed by atoms with Crippen molar-refractivity contribution >= 4 is 11.9 Å². The predicted molar refractivity (Wildman–Crippen MR) is 75.5 cm³/mol. The van der Waals surface area contributed by atoms with Crippen molar-refractivity contribution in [2.75, 3.05) is 0 Å². The summed E-state index contributed by atoms with van der Waals surface area (Å²) in [4.78, 5) is 29.8. The number of H-pyrrole nitrogens is 1. The summed E-state index contributed by atoms with van der Waals surface area (Å²) in [6.45, 7) is 0. The molecule has 0 bridgehead atoms. The molecule has 0 saturated carbocycles. The zero-order chi connectivity index (χ0) is 16.1. The van der Waals surface area contributed by atoms with E-state index in [0.717, 1.165) is 6.07 Å². The Bertz CT molecular complexity index is 735. The van der Waals surface area contributed by atoms with Crippen LogP contribution in [-0.2, 0) is 11.2 Å². The third-order valence-electron chi connectivity index (χ3n) is 2.97. The number of carboxylic acid groups (broad SMARTS) is 1. The van der Waals surface area contributed by atoms with E-state index in [1.54, 1.807) is 0 Å². The van der Waals surface area contributed by atoms with Crippen molar-refractivity contribution in [2.24, 2.45) is 0 Å². The second-order valence-electron chi connectivity index (χ2n) is 4.48. The Hall–Kier alpha value is -3.14. The minimum absolute atomic E-state index is 0.00707. The molecule has 0 radical (unpaired) electrons. The number of nitrogens with zero attached hydrogens (tertiary/aromatic N) is 1. The van der Waals surface area contributed by atoms with Gasteiger partial charge in [-0.3, -0.25) is 4.79 Å². The molecule has 112 valence electrons. The van der Waals surface area contributed by atoms with E-state index in [0.29, 0.717) is 5.69 Å². The first-order valence-electron chi connectivity index (χ1n) is 6.28. The van der Waals surface area contributed by atoms with Gasteiger partial charge in [0.25, 0.3) is 5.91 Å². The number of aromatic amines is 1. The van der Waals surface area contributed by atoms with Crippen LogP contribution in [0.15, 0.2) is 30.7 Å². The molecule has 1 amide bonds. The molecule has 1 heterocycles. The molecule has 6 nitrogen and oxygen atoms in total. The first-order valence-corrected chi connectivity index (χ1v) is 6.28. The molecule has 0 spiro atoms. The standard InChI is InChI=1S/C15H12FN3O3/c1-2-9-3-4-10(5-12(9)16)14(20)19-13(15(21)22)6-11-7-17-8-18-11/h1,3-5,7-8,13H,6H2,(H,17,18)(H,19,20)(H,21,22). The Morgan fingerprint density at radius 3 is 2.82 bits per heavy atom. The lowest BCUT2D eigenvalue weighted by molar-refractivity contribution is -0.139. The highest BCUT2D eigenvalue weighted by Crippen LogP contribution is 2.10. The van der Waals surface area contributed by atoms with Crippen molar-refractivity contribution < 1.29 is 19.1 Å². The highest BCUT2D eigenvalue weighted by Gasteiger charge is 2.22. The fraction of sp³-hybridized carbons (Fsp3) is 0.133. The van der Waals surface area contributed by atoms with Gasteiger partial charge >= 0.3 is 5.97 Å². The zero-order valence-corrected chi connectivity index (χ0v) is 11.3. The number of imidazole rings is 1. The lowest BCUT2D eigenvalue weighted by Crippen LogP contribution is -2.42. The van der Waals surface area contributed by atoms with Crippen molar-refractivity contribution in [1.82, 2.24) is 15.3 Å². The van der Waals surface area contributed by atoms with Crippen molar-refractivity contribution in [3.63, 3.8) is 0 Å². The minimum Gasteiger partial charge on any atom is -0.480 e. The van der Waals surface area contributed by atoms with E-state index in [4.69, 9.17) is 11.5 Å². The molecular formula is C15H12FN3O3. The van der Waals surface area contributed by atoms with Gasteiger partial charge < -0.3 is 15.4 Å². The van der Waals surface area contributed by atoms with Crippen LogP contribution >= 0.6 is 0 Å². The fourth-order valence-corrected chi connectivity index (χ4v) is 1.83. The summed E-state index contributed by atoms with van der Waals surface area (Å²) in [5, 5.41) is 11.5. The van der Waals surface area contributed by atoms with E-state index >= 15 is 0 Å². The Balaban J connectivity index is 2.13. The molecule has 0 aliphatic carbocycles. The maximum absolute atomic E-state index is 13.6. The molecular weight excluding hydrogens is 289 g/mol. The minimum atomic E-state index is -1.20. The summed E-state index contributed by atoms with van der Waals surface area (Å²) in [5.74, 6) is -0.479. The van der Waals surface area contributed by atoms with E-state index < -0.39 is 23.7 Å². The van der Waals surface area contributed by atoms with E-state index in [2.05, 4.69) is 21.2 Å². The highest BCUT2D eigenvalue weighted by atomic mass is 19.1. The van der Waals surface area contributed by atoms with Gasteiger partial charge in [-0.25, -0.2) is 14.2 Å². The normalized spacial score (nSPS) is 11.5. The van der Waals surface area contributed by atoms with Gasteiger partial charge in [0.2, 0.25) is 0 Å². The van der Waals surface area contributed by atoms with Crippen LogP contribution in [0.4, 0.5) is 4.39 Å². The number of aromatic nitrogens is 2. The van der Waals surface area contributed by atoms with Gasteiger partial charge in [0, 0.05) is 23.9 Å². The molecule has 22 heavy (non-hydrogen) atoms. The van der Waals surface area contributed by atoms with Gasteiger partial charge in [-0.2, -0.15) is 0 Å². The summed E-state index contributed by atoms with van der Waals surface area (Å²) in [6, 6.07) is 2.43. The average Bonchev–Trinajstić information content (AvgIpc) is 2.99. The molecule has 1 unspecified atom stereocenters. The highest BCUT2D eigenvalue weighted by molar-refractivity contribution is 5.96. The lowest BCUT2D eigenvalue weighted by atomic mass is 10.1. The van der Waals surface area contributed by atoms with Gasteiger partial charge in [0.15, 0.2) is 0 Å². The van der Waals surface area contributed by atoms with Crippen LogP contribution in [0.25, 0.3) is 0 Å². The number of rotatable bonds is 5. The summed E-state index contributed by atoms with van der Waals surface area (Å²) < 4.78 is 13.6. The third-order valence-corrected chi connectivity index (χ3v) is 2.97. The summed E-state index contributed by atoms with van der Waals surface area (Å²) in [6.07, 6.45) is 8.00. The van der Waals surface area contributed by atoms with Gasteiger partial charge in [-0.1, -0.05) is 5.92 Å². The van der Waals surface area contributed by atoms with E-state index in [-0.39, 0.29) is 17.5 Å². The summed E-state index contributed by atoms with van der Waals surface area (Å²) in [7, 11) is 0. The number of nitrogens with one attached hydrogen (secondary N) is 2. The van der Waals surface area contributed by atoms with Crippen LogP contribution in [0.3, 0.4) is 0 Å². The quantitative estimate of drug-likeness (QED) is 0.717. The van der Waals surface area contributed by atoms with Crippen LogP contribution < -0.4 is 5.32 Å². The summed E-state index contributed by atoms with van der Waals surface area (Å²) >= 11 is 0. The SMILES string of the molecule is C#Cc1ccc(C(=O)NC(Cc2cnc[nH]2)C(=O)O)cc1F. The Labute approximate surface area is 125 Å². The largest absolute Gasteiger partial charge is 0.480 e. The van der Waals surface area contributed by atoms with E-state index in [1.807, 2.05) is 0 Å². The molecule has 1 aromatic heterocycles. The topological polar surface area (TPSA) is 95.1 Å². The molecule has 3 N–H and O–H groups in total. The Kier molecular flexibility index (Phi) is 4.53. The molecule has 0 aliphatic heterocycles. The monoisotopic (exact) mass is 301 g/mol. The van der Waals surface area contributed by atoms with Crippen LogP contribution in [0.5, 0.6) is 0 Å². The summed E-state index contributed by atoms with van der Waals surface area (Å²) in [5.41, 5.74) is 0.581. The molecule has 0 fully saturated rings. The van der Waals surface area contributed by atoms with Crippen molar-refractivity contribution in [1.29, 1.82) is 0 Å². The Morgan fingerprint density at radius 1 is 1.50 bits per heavy atom. The lowest BCUT2D eigenvalue weighted by Gasteiger charge is -2.13. The second kappa shape index (κ2) is 6.54. The van der Waals surface area contributed by atoms with Gasteiger partial charge in [-0.05, 0) is 18.2 Å². The number of terminal acetylenes is 1. The van der Waals surface area contributed by atoms with Crippen LogP contribution in [0, 0.1) is 18.2 Å². The van der Waals surface area contributed by atoms with E-state index in [9.17, 15) is 14.0 Å². The van der Waals surface area contributed by atoms with Gasteiger partial charge in [-0.15, -0.1) is 6.42 Å². The third kappa shape index (κ3) is 3.49. The van der Waals surface area contributed by atoms with E-state index in [1.165, 1.54) is 24.7 Å². The maximum atomic E-state index is 13.6. The van der Waals surface area contributed by atoms with Gasteiger partial charge in [0.05, 0.1) is 11.9 Å². The predicted octanol–water partition coefficient (Wildman–Crippen LogP) is 0.956. The average molecular weight is 301 g/mol. The number of hydrogen-bond donors (Lipinski definition) is 3. The van der Waals surface area contributed by atoms with Crippen LogP contribution in [0.1, 0.15) is 21.6 Å². The van der Waals surface area contributed by atoms with Crippen LogP contribution in [-0.4, -0.2) is 33.0 Å². The fourth-order valence-electron chi connectivity index (χ4n) is 1.83. The number of carboxylic acids is 1. The molecule has 1 aromatic carbocycles. The number of halogens is 1. The first kappa shape index (κ1) is 15.3. The molecule has 7 heteroatoms. The maximum Gasteiger partial charge on any atom is 0.326 e. The van der Waals surface area contributed by atoms with Crippen LogP contribution in [0.2, 0.25) is 0 Å². The van der Waals surface area contributed by atoms with Crippen molar-refractivity contribution in [3.05, 3.63) is 53.4 Å². The Morgan fingerprint density at radius 2 is 2.27 bits per heavy atom. The molecule has 0 aliphatic rings. The molecule has 1 atom stereocenters. The first-order chi connectivity index (χ1) is 10.5.